The fraction of sp³-hybridized carbons (Fsp3) is 0.476. The van der Waals surface area contributed by atoms with Crippen molar-refractivity contribution in [2.45, 2.75) is 63.7 Å². The number of carbonyl (C=O) groups is 1. The van der Waals surface area contributed by atoms with Crippen LogP contribution in [0.1, 0.15) is 61.9 Å². The van der Waals surface area contributed by atoms with Crippen LogP contribution in [0.15, 0.2) is 42.9 Å². The van der Waals surface area contributed by atoms with Gasteiger partial charge < -0.3 is 15.2 Å². The molecule has 144 valence electrons. The number of hydrogen-bond acceptors (Lipinski definition) is 5. The molecule has 1 fully saturated rings. The molecule has 0 aromatic carbocycles. The van der Waals surface area contributed by atoms with Gasteiger partial charge in [0.1, 0.15) is 0 Å². The van der Waals surface area contributed by atoms with Crippen molar-refractivity contribution in [3.63, 3.8) is 0 Å². The highest BCUT2D eigenvalue weighted by atomic mass is 16.5. The molecule has 0 saturated heterocycles. The van der Waals surface area contributed by atoms with E-state index in [1.165, 1.54) is 0 Å². The third kappa shape index (κ3) is 4.83. The minimum absolute atomic E-state index is 0.0431. The van der Waals surface area contributed by atoms with Crippen LogP contribution in [-0.4, -0.2) is 33.1 Å². The molecule has 27 heavy (non-hydrogen) atoms. The van der Waals surface area contributed by atoms with Gasteiger partial charge in [0.2, 0.25) is 5.88 Å². The second-order valence-electron chi connectivity index (χ2n) is 7.24. The minimum Gasteiger partial charge on any atom is -0.475 e. The Kier molecular flexibility index (Phi) is 6.06. The zero-order valence-electron chi connectivity index (χ0n) is 15.9. The van der Waals surface area contributed by atoms with Gasteiger partial charge in [-0.1, -0.05) is 13.0 Å². The van der Waals surface area contributed by atoms with Gasteiger partial charge in [-0.15, -0.1) is 0 Å². The van der Waals surface area contributed by atoms with Crippen molar-refractivity contribution in [3.05, 3.63) is 54.0 Å². The molecule has 2 heterocycles. The second kappa shape index (κ2) is 8.48. The van der Waals surface area contributed by atoms with E-state index in [1.54, 1.807) is 30.7 Å². The second-order valence-corrected chi connectivity index (χ2v) is 7.24. The van der Waals surface area contributed by atoms with Crippen molar-refractivity contribution in [2.75, 3.05) is 0 Å². The predicted molar refractivity (Wildman–Crippen MR) is 102 cm³/mol. The van der Waals surface area contributed by atoms with E-state index in [1.807, 2.05) is 26.0 Å². The van der Waals surface area contributed by atoms with Crippen LogP contribution in [-0.2, 0) is 5.60 Å². The molecule has 0 unspecified atom stereocenters. The number of pyridine rings is 2. The fourth-order valence-electron chi connectivity index (χ4n) is 3.34. The van der Waals surface area contributed by atoms with Crippen molar-refractivity contribution < 1.29 is 14.6 Å². The molecule has 1 aliphatic rings. The molecule has 1 saturated carbocycles. The van der Waals surface area contributed by atoms with E-state index in [0.29, 0.717) is 24.3 Å². The van der Waals surface area contributed by atoms with Crippen LogP contribution in [0.5, 0.6) is 5.88 Å². The van der Waals surface area contributed by atoms with Crippen molar-refractivity contribution in [3.8, 4) is 5.88 Å². The average Bonchev–Trinajstić information content (AvgIpc) is 2.70. The predicted octanol–water partition coefficient (Wildman–Crippen LogP) is 3.21. The molecule has 2 aromatic rings. The van der Waals surface area contributed by atoms with Gasteiger partial charge in [0.05, 0.1) is 11.7 Å². The summed E-state index contributed by atoms with van der Waals surface area (Å²) in [4.78, 5) is 20.9. The Morgan fingerprint density at radius 2 is 2.15 bits per heavy atom. The first kappa shape index (κ1) is 19.3. The lowest BCUT2D eigenvalue weighted by Gasteiger charge is -2.36. The summed E-state index contributed by atoms with van der Waals surface area (Å²) in [6.45, 7) is 4.01. The number of ether oxygens (including phenoxy) is 1. The van der Waals surface area contributed by atoms with E-state index < -0.39 is 5.60 Å². The zero-order valence-corrected chi connectivity index (χ0v) is 15.9. The van der Waals surface area contributed by atoms with Crippen LogP contribution in [0, 0.1) is 0 Å². The molecule has 1 atom stereocenters. The smallest absolute Gasteiger partial charge is 0.251 e. The number of aliphatic hydroxyl groups is 1. The lowest BCUT2D eigenvalue weighted by Crippen LogP contribution is -2.42. The van der Waals surface area contributed by atoms with Crippen molar-refractivity contribution in [1.82, 2.24) is 15.3 Å². The highest BCUT2D eigenvalue weighted by Gasteiger charge is 2.35. The summed E-state index contributed by atoms with van der Waals surface area (Å²) in [7, 11) is 0. The van der Waals surface area contributed by atoms with Gasteiger partial charge in [-0.2, -0.15) is 0 Å². The highest BCUT2D eigenvalue weighted by Crippen LogP contribution is 2.36. The van der Waals surface area contributed by atoms with Crippen molar-refractivity contribution in [2.24, 2.45) is 0 Å². The summed E-state index contributed by atoms with van der Waals surface area (Å²) in [6, 6.07) is 7.15. The number of rotatable bonds is 6. The molecule has 3 rings (SSSR count). The SMILES string of the molecule is CC[C@@H](C)Oc1cc(C(=O)NC2CCC(O)(c3cccnc3)CC2)ccn1. The zero-order chi connectivity index (χ0) is 19.3. The van der Waals surface area contributed by atoms with Crippen molar-refractivity contribution >= 4 is 5.91 Å². The molecular weight excluding hydrogens is 342 g/mol. The Morgan fingerprint density at radius 1 is 1.37 bits per heavy atom. The lowest BCUT2D eigenvalue weighted by atomic mass is 9.78. The van der Waals surface area contributed by atoms with Crippen LogP contribution >= 0.6 is 0 Å². The Balaban J connectivity index is 1.57. The lowest BCUT2D eigenvalue weighted by molar-refractivity contribution is -0.00831. The van der Waals surface area contributed by atoms with Gasteiger partial charge in [0.25, 0.3) is 5.91 Å². The van der Waals surface area contributed by atoms with Crippen LogP contribution < -0.4 is 10.1 Å². The van der Waals surface area contributed by atoms with Crippen LogP contribution in [0.4, 0.5) is 0 Å². The average molecular weight is 369 g/mol. The number of carbonyl (C=O) groups excluding carboxylic acids is 1. The summed E-state index contributed by atoms with van der Waals surface area (Å²) in [5.74, 6) is 0.329. The van der Waals surface area contributed by atoms with Crippen LogP contribution in [0.2, 0.25) is 0 Å². The largest absolute Gasteiger partial charge is 0.475 e. The van der Waals surface area contributed by atoms with Gasteiger partial charge >= 0.3 is 0 Å². The number of nitrogens with zero attached hydrogens (tertiary/aromatic N) is 2. The molecule has 2 N–H and O–H groups in total. The normalized spacial score (nSPS) is 23.4. The summed E-state index contributed by atoms with van der Waals surface area (Å²) in [5.41, 5.74) is 0.524. The van der Waals surface area contributed by atoms with Crippen LogP contribution in [0.25, 0.3) is 0 Å². The minimum atomic E-state index is -0.858. The molecule has 0 spiro atoms. The maximum atomic E-state index is 12.6. The number of aromatic nitrogens is 2. The molecule has 2 aromatic heterocycles. The first-order chi connectivity index (χ1) is 13.0. The topological polar surface area (TPSA) is 84.3 Å². The van der Waals surface area contributed by atoms with E-state index in [9.17, 15) is 9.90 Å². The molecule has 1 amide bonds. The quantitative estimate of drug-likeness (QED) is 0.817. The Bertz CT molecular complexity index is 758. The van der Waals surface area contributed by atoms with E-state index >= 15 is 0 Å². The van der Waals surface area contributed by atoms with E-state index in [0.717, 1.165) is 24.8 Å². The molecule has 1 aliphatic carbocycles. The van der Waals surface area contributed by atoms with Crippen molar-refractivity contribution in [1.29, 1.82) is 0 Å². The van der Waals surface area contributed by atoms with Gasteiger partial charge in [0, 0.05) is 41.8 Å². The Labute approximate surface area is 160 Å². The number of amides is 1. The molecule has 0 bridgehead atoms. The standard InChI is InChI=1S/C21H27N3O3/c1-3-15(2)27-19-13-16(8-12-23-19)20(25)24-18-6-9-21(26,10-7-18)17-5-4-11-22-14-17/h4-5,8,11-15,18,26H,3,6-7,9-10H2,1-2H3,(H,24,25)/t15-,18?,21?/m1/s1. The fourth-order valence-corrected chi connectivity index (χ4v) is 3.34. The first-order valence-electron chi connectivity index (χ1n) is 9.56. The van der Waals surface area contributed by atoms with Crippen LogP contribution in [0.3, 0.4) is 0 Å². The molecule has 0 radical (unpaired) electrons. The maximum absolute atomic E-state index is 12.6. The summed E-state index contributed by atoms with van der Waals surface area (Å²) >= 11 is 0. The maximum Gasteiger partial charge on any atom is 0.251 e. The highest BCUT2D eigenvalue weighted by molar-refractivity contribution is 5.94. The summed E-state index contributed by atoms with van der Waals surface area (Å²) in [6.07, 6.45) is 8.58. The van der Waals surface area contributed by atoms with E-state index in [-0.39, 0.29) is 18.1 Å². The Morgan fingerprint density at radius 3 is 2.81 bits per heavy atom. The number of hydrogen-bond donors (Lipinski definition) is 2. The molecule has 6 heteroatoms. The summed E-state index contributed by atoms with van der Waals surface area (Å²) < 4.78 is 5.69. The Hall–Kier alpha value is -2.47. The third-order valence-electron chi connectivity index (χ3n) is 5.24. The number of nitrogens with one attached hydrogen (secondary N) is 1. The van der Waals surface area contributed by atoms with Gasteiger partial charge in [-0.05, 0) is 51.2 Å². The monoisotopic (exact) mass is 369 g/mol. The van der Waals surface area contributed by atoms with Gasteiger partial charge in [-0.3, -0.25) is 9.78 Å². The summed E-state index contributed by atoms with van der Waals surface area (Å²) in [5, 5.41) is 13.9. The molecular formula is C21H27N3O3. The van der Waals surface area contributed by atoms with Gasteiger partial charge in [0.15, 0.2) is 0 Å². The third-order valence-corrected chi connectivity index (χ3v) is 5.24. The molecule has 0 aliphatic heterocycles. The molecule has 6 nitrogen and oxygen atoms in total. The van der Waals surface area contributed by atoms with E-state index in [2.05, 4.69) is 15.3 Å². The van der Waals surface area contributed by atoms with Gasteiger partial charge in [-0.25, -0.2) is 4.98 Å². The van der Waals surface area contributed by atoms with E-state index in [4.69, 9.17) is 4.74 Å². The first-order valence-corrected chi connectivity index (χ1v) is 9.56.